The van der Waals surface area contributed by atoms with Gasteiger partial charge >= 0.3 is 0 Å². The smallest absolute Gasteiger partial charge is 0.185 e. The molecular formula is C16H9F2NO. The van der Waals surface area contributed by atoms with Crippen LogP contribution in [-0.4, -0.2) is 5.78 Å². The largest absolute Gasteiger partial charge is 0.289 e. The predicted octanol–water partition coefficient (Wildman–Crippen LogP) is 3.73. The van der Waals surface area contributed by atoms with Gasteiger partial charge in [0.05, 0.1) is 11.6 Å². The van der Waals surface area contributed by atoms with Crippen molar-refractivity contribution in [2.24, 2.45) is 0 Å². The number of benzene rings is 2. The van der Waals surface area contributed by atoms with E-state index in [-0.39, 0.29) is 11.3 Å². The maximum absolute atomic E-state index is 13.4. The van der Waals surface area contributed by atoms with Crippen molar-refractivity contribution >= 4 is 11.9 Å². The number of allylic oxidation sites excluding steroid dienone is 1. The summed E-state index contributed by atoms with van der Waals surface area (Å²) in [5.41, 5.74) is 0.825. The summed E-state index contributed by atoms with van der Waals surface area (Å²) in [5.74, 6) is -1.52. The lowest BCUT2D eigenvalue weighted by Crippen LogP contribution is -1.94. The summed E-state index contributed by atoms with van der Waals surface area (Å²) in [7, 11) is 0. The molecule has 0 aliphatic rings. The van der Waals surface area contributed by atoms with Crippen molar-refractivity contribution in [1.82, 2.24) is 0 Å². The van der Waals surface area contributed by atoms with Gasteiger partial charge in [-0.15, -0.1) is 0 Å². The average Bonchev–Trinajstić information content (AvgIpc) is 2.48. The SMILES string of the molecule is N#Cc1ccc(C(=O)C=Cc2cc(F)ccc2F)cc1. The minimum absolute atomic E-state index is 0.00648. The zero-order chi connectivity index (χ0) is 14.5. The van der Waals surface area contributed by atoms with E-state index in [2.05, 4.69) is 0 Å². The van der Waals surface area contributed by atoms with E-state index in [9.17, 15) is 13.6 Å². The van der Waals surface area contributed by atoms with E-state index in [0.29, 0.717) is 11.1 Å². The third kappa shape index (κ3) is 3.15. The highest BCUT2D eigenvalue weighted by atomic mass is 19.1. The maximum atomic E-state index is 13.4. The van der Waals surface area contributed by atoms with E-state index in [4.69, 9.17) is 5.26 Å². The van der Waals surface area contributed by atoms with Crippen LogP contribution < -0.4 is 0 Å². The van der Waals surface area contributed by atoms with Crippen LogP contribution in [0.5, 0.6) is 0 Å². The normalized spacial score (nSPS) is 10.4. The highest BCUT2D eigenvalue weighted by Gasteiger charge is 2.04. The molecule has 0 spiro atoms. The van der Waals surface area contributed by atoms with Crippen molar-refractivity contribution in [2.45, 2.75) is 0 Å². The third-order valence-electron chi connectivity index (χ3n) is 2.67. The molecule has 0 bridgehead atoms. The molecule has 0 aromatic heterocycles. The minimum atomic E-state index is -0.602. The topological polar surface area (TPSA) is 40.9 Å². The van der Waals surface area contributed by atoms with Crippen molar-refractivity contribution in [3.05, 3.63) is 76.9 Å². The zero-order valence-electron chi connectivity index (χ0n) is 10.3. The van der Waals surface area contributed by atoms with Crippen LogP contribution in [0.4, 0.5) is 8.78 Å². The van der Waals surface area contributed by atoms with E-state index in [1.54, 1.807) is 0 Å². The molecule has 0 saturated heterocycles. The van der Waals surface area contributed by atoms with Crippen molar-refractivity contribution in [3.8, 4) is 6.07 Å². The third-order valence-corrected chi connectivity index (χ3v) is 2.67. The lowest BCUT2D eigenvalue weighted by Gasteiger charge is -1.98. The van der Waals surface area contributed by atoms with Crippen LogP contribution >= 0.6 is 0 Å². The van der Waals surface area contributed by atoms with Gasteiger partial charge < -0.3 is 0 Å². The standard InChI is InChI=1S/C16H9F2NO/c17-14-6-7-15(18)13(9-14)5-8-16(20)12-3-1-11(10-19)2-4-12/h1-9H. The van der Waals surface area contributed by atoms with Gasteiger partial charge in [-0.3, -0.25) is 4.79 Å². The summed E-state index contributed by atoms with van der Waals surface area (Å²) in [4.78, 5) is 11.8. The second-order valence-corrected chi connectivity index (χ2v) is 4.05. The molecule has 4 heteroatoms. The van der Waals surface area contributed by atoms with E-state index in [1.807, 2.05) is 6.07 Å². The quantitative estimate of drug-likeness (QED) is 0.629. The van der Waals surface area contributed by atoms with Crippen LogP contribution in [0.2, 0.25) is 0 Å². The van der Waals surface area contributed by atoms with Crippen LogP contribution in [0.3, 0.4) is 0 Å². The molecule has 2 rings (SSSR count). The maximum Gasteiger partial charge on any atom is 0.185 e. The Bertz CT molecular complexity index is 712. The first kappa shape index (κ1) is 13.6. The molecule has 0 fully saturated rings. The van der Waals surface area contributed by atoms with E-state index < -0.39 is 11.6 Å². The van der Waals surface area contributed by atoms with Gasteiger partial charge in [-0.2, -0.15) is 5.26 Å². The fourth-order valence-electron chi connectivity index (χ4n) is 1.61. The molecule has 2 aromatic carbocycles. The number of rotatable bonds is 3. The molecule has 0 unspecified atom stereocenters. The first-order chi connectivity index (χ1) is 9.60. The number of hydrogen-bond donors (Lipinski definition) is 0. The van der Waals surface area contributed by atoms with Crippen LogP contribution in [0.1, 0.15) is 21.5 Å². The number of nitriles is 1. The zero-order valence-corrected chi connectivity index (χ0v) is 10.3. The van der Waals surface area contributed by atoms with E-state index in [0.717, 1.165) is 18.2 Å². The van der Waals surface area contributed by atoms with Crippen LogP contribution in [0.15, 0.2) is 48.5 Å². The second-order valence-electron chi connectivity index (χ2n) is 4.05. The Labute approximate surface area is 114 Å². The first-order valence-corrected chi connectivity index (χ1v) is 5.78. The molecule has 20 heavy (non-hydrogen) atoms. The van der Waals surface area contributed by atoms with Gasteiger partial charge in [-0.1, -0.05) is 0 Å². The van der Waals surface area contributed by atoms with Gasteiger partial charge in [-0.25, -0.2) is 8.78 Å². The minimum Gasteiger partial charge on any atom is -0.289 e. The molecule has 2 nitrogen and oxygen atoms in total. The van der Waals surface area contributed by atoms with Crippen molar-refractivity contribution in [2.75, 3.05) is 0 Å². The molecule has 98 valence electrons. The number of carbonyl (C=O) groups is 1. The molecule has 0 aliphatic carbocycles. The van der Waals surface area contributed by atoms with Gasteiger partial charge in [0.15, 0.2) is 5.78 Å². The molecule has 0 radical (unpaired) electrons. The second kappa shape index (κ2) is 5.89. The fourth-order valence-corrected chi connectivity index (χ4v) is 1.61. The molecule has 0 atom stereocenters. The molecule has 0 aliphatic heterocycles. The molecule has 2 aromatic rings. The fraction of sp³-hybridized carbons (Fsp3) is 0. The summed E-state index contributed by atoms with van der Waals surface area (Å²) in [6.45, 7) is 0. The Balaban J connectivity index is 2.20. The Hall–Kier alpha value is -2.80. The van der Waals surface area contributed by atoms with Crippen LogP contribution in [-0.2, 0) is 0 Å². The highest BCUT2D eigenvalue weighted by molar-refractivity contribution is 6.06. The lowest BCUT2D eigenvalue weighted by molar-refractivity contribution is 0.104. The summed E-state index contributed by atoms with van der Waals surface area (Å²) >= 11 is 0. The van der Waals surface area contributed by atoms with Gasteiger partial charge in [0.1, 0.15) is 11.6 Å². The molecule has 0 amide bonds. The summed E-state index contributed by atoms with van der Waals surface area (Å²) in [6, 6.07) is 11.0. The van der Waals surface area contributed by atoms with Crippen molar-refractivity contribution in [1.29, 1.82) is 5.26 Å². The highest BCUT2D eigenvalue weighted by Crippen LogP contribution is 2.12. The summed E-state index contributed by atoms with van der Waals surface area (Å²) < 4.78 is 26.3. The Morgan fingerprint density at radius 1 is 1.10 bits per heavy atom. The van der Waals surface area contributed by atoms with Crippen molar-refractivity contribution in [3.63, 3.8) is 0 Å². The Morgan fingerprint density at radius 2 is 1.80 bits per heavy atom. The van der Waals surface area contributed by atoms with Gasteiger partial charge in [0.2, 0.25) is 0 Å². The monoisotopic (exact) mass is 269 g/mol. The van der Waals surface area contributed by atoms with E-state index >= 15 is 0 Å². The number of nitrogens with zero attached hydrogens (tertiary/aromatic N) is 1. The number of halogens is 2. The first-order valence-electron chi connectivity index (χ1n) is 5.78. The molecule has 0 saturated carbocycles. The molecule has 0 heterocycles. The van der Waals surface area contributed by atoms with Crippen LogP contribution in [0, 0.1) is 23.0 Å². The van der Waals surface area contributed by atoms with Gasteiger partial charge in [-0.05, 0) is 54.6 Å². The molecule has 0 N–H and O–H groups in total. The average molecular weight is 269 g/mol. The summed E-state index contributed by atoms with van der Waals surface area (Å²) in [6.07, 6.45) is 2.39. The number of ketones is 1. The number of hydrogen-bond acceptors (Lipinski definition) is 2. The Kier molecular flexibility index (Phi) is 4.02. The van der Waals surface area contributed by atoms with Crippen molar-refractivity contribution < 1.29 is 13.6 Å². The predicted molar refractivity (Wildman–Crippen MR) is 70.9 cm³/mol. The molecular weight excluding hydrogens is 260 g/mol. The summed E-state index contributed by atoms with van der Waals surface area (Å²) in [5, 5.41) is 8.65. The van der Waals surface area contributed by atoms with Gasteiger partial charge in [0, 0.05) is 11.1 Å². The lowest BCUT2D eigenvalue weighted by atomic mass is 10.1. The van der Waals surface area contributed by atoms with Gasteiger partial charge in [0.25, 0.3) is 0 Å². The Morgan fingerprint density at radius 3 is 2.45 bits per heavy atom. The number of carbonyl (C=O) groups excluding carboxylic acids is 1. The van der Waals surface area contributed by atoms with E-state index in [1.165, 1.54) is 36.4 Å². The van der Waals surface area contributed by atoms with Crippen LogP contribution in [0.25, 0.3) is 6.08 Å².